The molecular weight excluding hydrogens is 340 g/mol. The van der Waals surface area contributed by atoms with Crippen LogP contribution in [0.2, 0.25) is 0 Å². The first-order valence-corrected chi connectivity index (χ1v) is 9.87. The zero-order valence-electron chi connectivity index (χ0n) is 17.1. The van der Waals surface area contributed by atoms with Crippen LogP contribution >= 0.6 is 0 Å². The maximum absolute atomic E-state index is 12.5. The fourth-order valence-electron chi connectivity index (χ4n) is 3.46. The van der Waals surface area contributed by atoms with Crippen LogP contribution in [0.1, 0.15) is 32.1 Å². The Kier molecular flexibility index (Phi) is 8.10. The number of nitrogens with one attached hydrogen (secondary N) is 2. The smallest absolute Gasteiger partial charge is 0.227 e. The Labute approximate surface area is 163 Å². The molecule has 1 aromatic rings. The van der Waals surface area contributed by atoms with E-state index in [9.17, 15) is 9.59 Å². The van der Waals surface area contributed by atoms with Gasteiger partial charge in [0.1, 0.15) is 0 Å². The van der Waals surface area contributed by atoms with Gasteiger partial charge in [-0.1, -0.05) is 0 Å². The number of hydrogen-bond donors (Lipinski definition) is 2. The summed E-state index contributed by atoms with van der Waals surface area (Å²) in [5.74, 6) is 0.258. The molecule has 0 unspecified atom stereocenters. The lowest BCUT2D eigenvalue weighted by Crippen LogP contribution is -2.36. The highest BCUT2D eigenvalue weighted by atomic mass is 16.2. The average Bonchev–Trinajstić information content (AvgIpc) is 2.65. The minimum absolute atomic E-state index is 0.00341. The number of carbonyl (C=O) groups excluding carboxylic acids is 2. The third-order valence-corrected chi connectivity index (χ3v) is 5.20. The Balaban J connectivity index is 1.72. The van der Waals surface area contributed by atoms with Crippen molar-refractivity contribution in [2.24, 2.45) is 11.8 Å². The maximum Gasteiger partial charge on any atom is 0.227 e. The molecule has 2 N–H and O–H groups in total. The summed E-state index contributed by atoms with van der Waals surface area (Å²) in [6, 6.07) is 7.85. The molecule has 0 spiro atoms. The van der Waals surface area contributed by atoms with E-state index < -0.39 is 0 Å². The number of hydrogen-bond acceptors (Lipinski definition) is 4. The summed E-state index contributed by atoms with van der Waals surface area (Å²) < 4.78 is 0. The zero-order valence-corrected chi connectivity index (χ0v) is 17.1. The zero-order chi connectivity index (χ0) is 19.8. The van der Waals surface area contributed by atoms with E-state index >= 15 is 0 Å². The molecule has 1 aliphatic carbocycles. The number of amides is 2. The largest absolute Gasteiger partial charge is 0.378 e. The normalized spacial score (nSPS) is 19.6. The van der Waals surface area contributed by atoms with Crippen LogP contribution in [0.25, 0.3) is 0 Å². The first-order valence-electron chi connectivity index (χ1n) is 9.87. The van der Waals surface area contributed by atoms with Gasteiger partial charge in [-0.15, -0.1) is 0 Å². The standard InChI is InChI=1S/C21H34N4O2/c1-24(2)15-5-14-22-20(26)16-6-8-17(9-7-16)21(27)23-18-10-12-19(13-11-18)25(3)4/h10-13,16-17H,5-9,14-15H2,1-4H3,(H,22,26)(H,23,27). The number of benzene rings is 1. The van der Waals surface area contributed by atoms with E-state index in [0.29, 0.717) is 0 Å². The number of rotatable bonds is 8. The third-order valence-electron chi connectivity index (χ3n) is 5.20. The van der Waals surface area contributed by atoms with Crippen LogP contribution in [0, 0.1) is 11.8 Å². The molecule has 1 fully saturated rings. The van der Waals surface area contributed by atoms with Crippen molar-refractivity contribution in [3.63, 3.8) is 0 Å². The predicted molar refractivity (Wildman–Crippen MR) is 111 cm³/mol. The molecule has 2 amide bonds. The van der Waals surface area contributed by atoms with Gasteiger partial charge in [0.05, 0.1) is 0 Å². The summed E-state index contributed by atoms with van der Waals surface area (Å²) in [4.78, 5) is 28.9. The molecule has 0 atom stereocenters. The third kappa shape index (κ3) is 6.86. The molecule has 150 valence electrons. The van der Waals surface area contributed by atoms with Crippen molar-refractivity contribution in [1.82, 2.24) is 10.2 Å². The van der Waals surface area contributed by atoms with Crippen molar-refractivity contribution in [3.8, 4) is 0 Å². The van der Waals surface area contributed by atoms with Crippen molar-refractivity contribution in [1.29, 1.82) is 0 Å². The molecule has 0 radical (unpaired) electrons. The van der Waals surface area contributed by atoms with Gasteiger partial charge in [0, 0.05) is 43.9 Å². The highest BCUT2D eigenvalue weighted by Crippen LogP contribution is 2.30. The monoisotopic (exact) mass is 374 g/mol. The second kappa shape index (κ2) is 10.3. The van der Waals surface area contributed by atoms with Gasteiger partial charge in [-0.2, -0.15) is 0 Å². The molecule has 1 aromatic carbocycles. The van der Waals surface area contributed by atoms with Crippen LogP contribution in [0.15, 0.2) is 24.3 Å². The van der Waals surface area contributed by atoms with Gasteiger partial charge in [-0.05, 0) is 77.0 Å². The van der Waals surface area contributed by atoms with Gasteiger partial charge in [0.25, 0.3) is 0 Å². The van der Waals surface area contributed by atoms with E-state index in [1.54, 1.807) is 0 Å². The maximum atomic E-state index is 12.5. The quantitative estimate of drug-likeness (QED) is 0.687. The lowest BCUT2D eigenvalue weighted by molar-refractivity contribution is -0.128. The number of anilines is 2. The second-order valence-corrected chi connectivity index (χ2v) is 7.93. The van der Waals surface area contributed by atoms with Gasteiger partial charge in [-0.25, -0.2) is 0 Å². The van der Waals surface area contributed by atoms with Gasteiger partial charge in [0.15, 0.2) is 0 Å². The van der Waals surface area contributed by atoms with Crippen molar-refractivity contribution in [3.05, 3.63) is 24.3 Å². The minimum Gasteiger partial charge on any atom is -0.378 e. The fourth-order valence-corrected chi connectivity index (χ4v) is 3.46. The Hall–Kier alpha value is -2.08. The van der Waals surface area contributed by atoms with Crippen LogP contribution in [0.5, 0.6) is 0 Å². The minimum atomic E-state index is -0.00341. The SMILES string of the molecule is CN(C)CCCNC(=O)C1CCC(C(=O)Nc2ccc(N(C)C)cc2)CC1. The second-order valence-electron chi connectivity index (χ2n) is 7.93. The number of nitrogens with zero attached hydrogens (tertiary/aromatic N) is 2. The molecular formula is C21H34N4O2. The van der Waals surface area contributed by atoms with Crippen molar-refractivity contribution >= 4 is 23.2 Å². The molecule has 0 bridgehead atoms. The first kappa shape index (κ1) is 21.2. The Bertz CT molecular complexity index is 605. The van der Waals surface area contributed by atoms with E-state index in [2.05, 4.69) is 15.5 Å². The van der Waals surface area contributed by atoms with Gasteiger partial charge < -0.3 is 20.4 Å². The fraction of sp³-hybridized carbons (Fsp3) is 0.619. The molecule has 2 rings (SSSR count). The summed E-state index contributed by atoms with van der Waals surface area (Å²) in [6.07, 6.45) is 4.09. The summed E-state index contributed by atoms with van der Waals surface area (Å²) >= 11 is 0. The molecule has 0 aromatic heterocycles. The molecule has 0 saturated heterocycles. The molecule has 6 heteroatoms. The predicted octanol–water partition coefficient (Wildman–Crippen LogP) is 2.57. The Morgan fingerprint density at radius 3 is 2.00 bits per heavy atom. The molecule has 1 saturated carbocycles. The van der Waals surface area contributed by atoms with E-state index in [1.165, 1.54) is 0 Å². The van der Waals surface area contributed by atoms with Crippen molar-refractivity contribution in [2.45, 2.75) is 32.1 Å². The summed E-state index contributed by atoms with van der Waals surface area (Å²) in [6.45, 7) is 1.70. The van der Waals surface area contributed by atoms with Crippen molar-refractivity contribution in [2.75, 3.05) is 51.5 Å². The summed E-state index contributed by atoms with van der Waals surface area (Å²) in [7, 11) is 8.05. The first-order chi connectivity index (χ1) is 12.9. The lowest BCUT2D eigenvalue weighted by atomic mass is 9.81. The highest BCUT2D eigenvalue weighted by molar-refractivity contribution is 5.93. The van der Waals surface area contributed by atoms with Gasteiger partial charge in [0.2, 0.25) is 11.8 Å². The average molecular weight is 375 g/mol. The lowest BCUT2D eigenvalue weighted by Gasteiger charge is -2.27. The van der Waals surface area contributed by atoms with Gasteiger partial charge >= 0.3 is 0 Å². The van der Waals surface area contributed by atoms with Crippen molar-refractivity contribution < 1.29 is 9.59 Å². The summed E-state index contributed by atoms with van der Waals surface area (Å²) in [5, 5.41) is 6.05. The Morgan fingerprint density at radius 1 is 0.926 bits per heavy atom. The molecule has 6 nitrogen and oxygen atoms in total. The van der Waals surface area contributed by atoms with Crippen LogP contribution in [0.4, 0.5) is 11.4 Å². The number of carbonyl (C=O) groups is 2. The van der Waals surface area contributed by atoms with Crippen LogP contribution in [0.3, 0.4) is 0 Å². The molecule has 27 heavy (non-hydrogen) atoms. The highest BCUT2D eigenvalue weighted by Gasteiger charge is 2.29. The van der Waals surface area contributed by atoms with Crippen LogP contribution in [-0.4, -0.2) is 58.0 Å². The van der Waals surface area contributed by atoms with E-state index in [-0.39, 0.29) is 23.7 Å². The van der Waals surface area contributed by atoms with Crippen LogP contribution < -0.4 is 15.5 Å². The van der Waals surface area contributed by atoms with Crippen LogP contribution in [-0.2, 0) is 9.59 Å². The molecule has 0 aliphatic heterocycles. The van der Waals surface area contributed by atoms with E-state index in [1.807, 2.05) is 57.4 Å². The van der Waals surface area contributed by atoms with E-state index in [4.69, 9.17) is 0 Å². The Morgan fingerprint density at radius 2 is 1.48 bits per heavy atom. The summed E-state index contributed by atoms with van der Waals surface area (Å²) in [5.41, 5.74) is 1.93. The molecule has 1 aliphatic rings. The van der Waals surface area contributed by atoms with E-state index in [0.717, 1.165) is 56.6 Å². The topological polar surface area (TPSA) is 64.7 Å². The molecule has 0 heterocycles. The van der Waals surface area contributed by atoms with Gasteiger partial charge in [-0.3, -0.25) is 9.59 Å².